The molecule has 3 aromatic rings. The number of nitrogens with one attached hydrogen (secondary N) is 1. The Bertz CT molecular complexity index is 1050. The van der Waals surface area contributed by atoms with Crippen molar-refractivity contribution in [2.75, 3.05) is 18.0 Å². The topological polar surface area (TPSA) is 89.1 Å². The van der Waals surface area contributed by atoms with Crippen LogP contribution in [0, 0.1) is 5.92 Å². The van der Waals surface area contributed by atoms with Crippen molar-refractivity contribution in [2.24, 2.45) is 5.92 Å². The fourth-order valence-corrected chi connectivity index (χ4v) is 4.96. The van der Waals surface area contributed by atoms with Crippen LogP contribution in [0.1, 0.15) is 57.0 Å². The smallest absolute Gasteiger partial charge is 0.223 e. The molecule has 0 saturated carbocycles. The zero-order chi connectivity index (χ0) is 21.9. The number of carbonyl (C=O) groups excluding carboxylic acids is 1. The Morgan fingerprint density at radius 2 is 2.09 bits per heavy atom. The van der Waals surface area contributed by atoms with Gasteiger partial charge in [-0.3, -0.25) is 4.79 Å². The summed E-state index contributed by atoms with van der Waals surface area (Å²) in [6, 6.07) is 4.01. The first-order chi connectivity index (χ1) is 15.7. The van der Waals surface area contributed by atoms with Gasteiger partial charge in [-0.25, -0.2) is 15.0 Å². The van der Waals surface area contributed by atoms with Crippen molar-refractivity contribution in [3.05, 3.63) is 36.3 Å². The van der Waals surface area contributed by atoms with E-state index in [-0.39, 0.29) is 17.9 Å². The van der Waals surface area contributed by atoms with Gasteiger partial charge in [0.15, 0.2) is 17.0 Å². The molecule has 0 radical (unpaired) electrons. The second-order valence-electron chi connectivity index (χ2n) is 9.15. The van der Waals surface area contributed by atoms with Gasteiger partial charge in [-0.2, -0.15) is 0 Å². The molecule has 32 heavy (non-hydrogen) atoms. The maximum Gasteiger partial charge on any atom is 0.223 e. The third-order valence-electron chi connectivity index (χ3n) is 6.83. The highest BCUT2D eigenvalue weighted by molar-refractivity contribution is 5.84. The van der Waals surface area contributed by atoms with Crippen LogP contribution >= 0.6 is 0 Å². The maximum absolute atomic E-state index is 12.8. The van der Waals surface area contributed by atoms with Gasteiger partial charge in [-0.05, 0) is 51.2 Å². The molecule has 5 rings (SSSR count). The van der Waals surface area contributed by atoms with E-state index in [1.165, 1.54) is 19.3 Å². The van der Waals surface area contributed by atoms with Gasteiger partial charge in [0.1, 0.15) is 17.9 Å². The van der Waals surface area contributed by atoms with E-state index in [0.29, 0.717) is 0 Å². The second kappa shape index (κ2) is 9.30. The van der Waals surface area contributed by atoms with E-state index in [4.69, 9.17) is 9.40 Å². The average molecular weight is 437 g/mol. The lowest BCUT2D eigenvalue weighted by Gasteiger charge is -2.32. The molecule has 1 atom stereocenters. The molecular weight excluding hydrogens is 404 g/mol. The van der Waals surface area contributed by atoms with Crippen LogP contribution in [0.4, 0.5) is 5.82 Å². The summed E-state index contributed by atoms with van der Waals surface area (Å²) in [5, 5.41) is 3.19. The highest BCUT2D eigenvalue weighted by Gasteiger charge is 2.28. The molecule has 1 unspecified atom stereocenters. The van der Waals surface area contributed by atoms with E-state index in [2.05, 4.69) is 31.7 Å². The zero-order valence-corrected chi connectivity index (χ0v) is 18.8. The predicted octanol–water partition coefficient (Wildman–Crippen LogP) is 3.50. The number of aromatic nitrogens is 4. The number of aryl methyl sites for hydroxylation is 3. The quantitative estimate of drug-likeness (QED) is 0.636. The van der Waals surface area contributed by atoms with E-state index in [1.54, 1.807) is 12.6 Å². The molecule has 1 saturated heterocycles. The van der Waals surface area contributed by atoms with Crippen molar-refractivity contribution in [3.8, 4) is 0 Å². The Balaban J connectivity index is 1.19. The number of rotatable bonds is 6. The highest BCUT2D eigenvalue weighted by atomic mass is 16.3. The highest BCUT2D eigenvalue weighted by Crippen LogP contribution is 2.29. The molecule has 8 nitrogen and oxygen atoms in total. The molecular formula is C24H32N6O2. The van der Waals surface area contributed by atoms with Gasteiger partial charge >= 0.3 is 0 Å². The molecule has 0 aromatic carbocycles. The number of hydrogen-bond donors (Lipinski definition) is 1. The van der Waals surface area contributed by atoms with Gasteiger partial charge in [0, 0.05) is 44.4 Å². The van der Waals surface area contributed by atoms with Crippen molar-refractivity contribution < 1.29 is 9.21 Å². The number of piperidine rings is 1. The molecule has 2 aliphatic heterocycles. The summed E-state index contributed by atoms with van der Waals surface area (Å²) in [6.07, 6.45) is 11.4. The van der Waals surface area contributed by atoms with Gasteiger partial charge in [0.25, 0.3) is 0 Å². The van der Waals surface area contributed by atoms with Crippen LogP contribution in [0.2, 0.25) is 0 Å². The van der Waals surface area contributed by atoms with Crippen molar-refractivity contribution in [1.82, 2.24) is 24.8 Å². The van der Waals surface area contributed by atoms with E-state index in [1.807, 2.05) is 12.1 Å². The van der Waals surface area contributed by atoms with Crippen molar-refractivity contribution in [2.45, 2.75) is 70.9 Å². The van der Waals surface area contributed by atoms with E-state index >= 15 is 0 Å². The number of imidazole rings is 1. The monoisotopic (exact) mass is 436 g/mol. The summed E-state index contributed by atoms with van der Waals surface area (Å²) in [4.78, 5) is 29.2. The van der Waals surface area contributed by atoms with Gasteiger partial charge in [0.2, 0.25) is 5.91 Å². The molecule has 5 heterocycles. The van der Waals surface area contributed by atoms with Crippen molar-refractivity contribution in [1.29, 1.82) is 0 Å². The van der Waals surface area contributed by atoms with E-state index in [0.717, 1.165) is 80.3 Å². The van der Waals surface area contributed by atoms with Crippen LogP contribution in [0.5, 0.6) is 0 Å². The minimum atomic E-state index is 0.0494. The maximum atomic E-state index is 12.8. The first-order valence-electron chi connectivity index (χ1n) is 12.0. The van der Waals surface area contributed by atoms with E-state index < -0.39 is 0 Å². The number of anilines is 1. The number of hydrogen-bond acceptors (Lipinski definition) is 6. The average Bonchev–Trinajstić information content (AvgIpc) is 3.39. The summed E-state index contributed by atoms with van der Waals surface area (Å²) in [7, 11) is 0. The standard InChI is InChI=1S/C24H32N6O2/c1-17(8-9-19-6-5-15-32-19)27-24(31)18-10-13-29(14-11-18)22-21-23(26-16-25-22)30-12-4-2-3-7-20(30)28-21/h5-6,15-18H,2-4,7-14H2,1H3,(H,27,31). The molecule has 3 aromatic heterocycles. The van der Waals surface area contributed by atoms with Crippen LogP contribution in [0.25, 0.3) is 11.2 Å². The number of amides is 1. The van der Waals surface area contributed by atoms with Gasteiger partial charge in [-0.1, -0.05) is 6.42 Å². The molecule has 0 bridgehead atoms. The first-order valence-corrected chi connectivity index (χ1v) is 12.0. The summed E-state index contributed by atoms with van der Waals surface area (Å²) >= 11 is 0. The minimum absolute atomic E-state index is 0.0494. The minimum Gasteiger partial charge on any atom is -0.469 e. The van der Waals surface area contributed by atoms with Crippen LogP contribution in [0.15, 0.2) is 29.1 Å². The molecule has 0 spiro atoms. The summed E-state index contributed by atoms with van der Waals surface area (Å²) in [5.41, 5.74) is 1.87. The molecule has 170 valence electrons. The van der Waals surface area contributed by atoms with Crippen molar-refractivity contribution in [3.63, 3.8) is 0 Å². The lowest BCUT2D eigenvalue weighted by Crippen LogP contribution is -2.43. The second-order valence-corrected chi connectivity index (χ2v) is 9.15. The Hall–Kier alpha value is -2.90. The summed E-state index contributed by atoms with van der Waals surface area (Å²) < 4.78 is 7.66. The normalized spacial score (nSPS) is 18.3. The molecule has 8 heteroatoms. The molecule has 0 aliphatic carbocycles. The van der Waals surface area contributed by atoms with Crippen molar-refractivity contribution >= 4 is 22.9 Å². The molecule has 1 N–H and O–H groups in total. The SMILES string of the molecule is CC(CCc1ccco1)NC(=O)C1CCN(c2ncnc3c2nc2n3CCCCC2)CC1. The van der Waals surface area contributed by atoms with Crippen LogP contribution < -0.4 is 10.2 Å². The third-order valence-corrected chi connectivity index (χ3v) is 6.83. The number of furan rings is 1. The summed E-state index contributed by atoms with van der Waals surface area (Å²) in [5.74, 6) is 3.23. The number of carbonyl (C=O) groups is 1. The van der Waals surface area contributed by atoms with Gasteiger partial charge < -0.3 is 19.2 Å². The van der Waals surface area contributed by atoms with Crippen LogP contribution in [-0.2, 0) is 24.2 Å². The summed E-state index contributed by atoms with van der Waals surface area (Å²) in [6.45, 7) is 4.68. The van der Waals surface area contributed by atoms with Gasteiger partial charge in [0.05, 0.1) is 6.26 Å². The molecule has 1 amide bonds. The fraction of sp³-hybridized carbons (Fsp3) is 0.583. The fourth-order valence-electron chi connectivity index (χ4n) is 4.96. The van der Waals surface area contributed by atoms with Crippen LogP contribution in [0.3, 0.4) is 0 Å². The number of fused-ring (bicyclic) bond motifs is 3. The van der Waals surface area contributed by atoms with E-state index in [9.17, 15) is 4.79 Å². The largest absolute Gasteiger partial charge is 0.469 e. The lowest BCUT2D eigenvalue weighted by molar-refractivity contribution is -0.126. The Labute approximate surface area is 188 Å². The Morgan fingerprint density at radius 3 is 2.91 bits per heavy atom. The lowest BCUT2D eigenvalue weighted by atomic mass is 9.95. The Kier molecular flexibility index (Phi) is 6.10. The predicted molar refractivity (Wildman–Crippen MR) is 122 cm³/mol. The third kappa shape index (κ3) is 4.36. The van der Waals surface area contributed by atoms with Crippen LogP contribution in [-0.4, -0.2) is 44.6 Å². The Morgan fingerprint density at radius 1 is 1.22 bits per heavy atom. The zero-order valence-electron chi connectivity index (χ0n) is 18.8. The first kappa shape index (κ1) is 21.0. The number of nitrogens with zero attached hydrogens (tertiary/aromatic N) is 5. The molecule has 1 fully saturated rings. The molecule has 2 aliphatic rings. The van der Waals surface area contributed by atoms with Gasteiger partial charge in [-0.15, -0.1) is 0 Å².